The summed E-state index contributed by atoms with van der Waals surface area (Å²) < 4.78 is 4.62. The Kier molecular flexibility index (Phi) is 5.48. The number of hydrogen-bond donors (Lipinski definition) is 0. The van der Waals surface area contributed by atoms with E-state index in [0.29, 0.717) is 5.56 Å². The van der Waals surface area contributed by atoms with Gasteiger partial charge >= 0.3 is 5.97 Å². The van der Waals surface area contributed by atoms with Crippen molar-refractivity contribution in [3.05, 3.63) is 34.9 Å². The number of nitriles is 1. The van der Waals surface area contributed by atoms with Crippen LogP contribution in [0, 0.1) is 11.3 Å². The minimum atomic E-state index is -0.532. The van der Waals surface area contributed by atoms with Crippen LogP contribution in [0.25, 0.3) is 0 Å². The molecule has 0 aliphatic rings. The first kappa shape index (κ1) is 16.7. The van der Waals surface area contributed by atoms with Crippen molar-refractivity contribution < 1.29 is 14.3 Å². The Bertz CT molecular complexity index is 578. The van der Waals surface area contributed by atoms with Crippen molar-refractivity contribution in [1.82, 2.24) is 4.90 Å². The average Bonchev–Trinajstić information content (AvgIpc) is 2.44. The lowest BCUT2D eigenvalue weighted by atomic mass is 10.0. The zero-order chi connectivity index (χ0) is 16.2. The summed E-state index contributed by atoms with van der Waals surface area (Å²) in [6.45, 7) is 7.69. The van der Waals surface area contributed by atoms with Gasteiger partial charge in [0.15, 0.2) is 0 Å². The van der Waals surface area contributed by atoms with Crippen LogP contribution < -0.4 is 0 Å². The third-order valence-corrected chi connectivity index (χ3v) is 3.14. The van der Waals surface area contributed by atoms with Gasteiger partial charge in [-0.2, -0.15) is 5.26 Å². The number of methoxy groups -OCH3 is 1. The summed E-state index contributed by atoms with van der Waals surface area (Å²) in [5.74, 6) is -0.747. The summed E-state index contributed by atoms with van der Waals surface area (Å²) in [6, 6.07) is 6.40. The Morgan fingerprint density at radius 1 is 1.19 bits per heavy atom. The number of rotatable bonds is 4. The maximum Gasteiger partial charge on any atom is 0.337 e. The molecule has 112 valence electrons. The zero-order valence-electron chi connectivity index (χ0n) is 13.0. The SMILES string of the molecule is COC(=O)c1ccc(C(=O)N(C(C)C)C(C)C)c(C#N)c1. The lowest BCUT2D eigenvalue weighted by Gasteiger charge is -2.31. The van der Waals surface area contributed by atoms with Gasteiger partial charge in [0.25, 0.3) is 5.91 Å². The first-order chi connectivity index (χ1) is 9.83. The van der Waals surface area contributed by atoms with Gasteiger partial charge in [-0.25, -0.2) is 4.79 Å². The molecule has 0 atom stereocenters. The van der Waals surface area contributed by atoms with Gasteiger partial charge in [0.1, 0.15) is 0 Å². The second kappa shape index (κ2) is 6.89. The highest BCUT2D eigenvalue weighted by molar-refractivity contribution is 5.99. The fourth-order valence-electron chi connectivity index (χ4n) is 2.27. The number of benzene rings is 1. The van der Waals surface area contributed by atoms with Gasteiger partial charge in [-0.1, -0.05) is 0 Å². The standard InChI is InChI=1S/C16H20N2O3/c1-10(2)18(11(3)4)15(19)14-7-6-12(16(20)21-5)8-13(14)9-17/h6-8,10-11H,1-5H3. The minimum Gasteiger partial charge on any atom is -0.465 e. The van der Waals surface area contributed by atoms with E-state index in [2.05, 4.69) is 4.74 Å². The molecule has 1 amide bonds. The third-order valence-electron chi connectivity index (χ3n) is 3.14. The van der Waals surface area contributed by atoms with E-state index < -0.39 is 5.97 Å². The Hall–Kier alpha value is -2.35. The summed E-state index contributed by atoms with van der Waals surface area (Å²) in [7, 11) is 1.27. The van der Waals surface area contributed by atoms with E-state index in [9.17, 15) is 14.9 Å². The summed E-state index contributed by atoms with van der Waals surface area (Å²) in [5.41, 5.74) is 0.730. The second-order valence-corrected chi connectivity index (χ2v) is 5.26. The molecular weight excluding hydrogens is 268 g/mol. The highest BCUT2D eigenvalue weighted by Gasteiger charge is 2.24. The van der Waals surface area contributed by atoms with Crippen LogP contribution in [0.2, 0.25) is 0 Å². The summed E-state index contributed by atoms with van der Waals surface area (Å²) in [4.78, 5) is 25.8. The van der Waals surface area contributed by atoms with E-state index >= 15 is 0 Å². The molecule has 0 saturated carbocycles. The Balaban J connectivity index is 3.28. The van der Waals surface area contributed by atoms with Crippen LogP contribution >= 0.6 is 0 Å². The molecule has 21 heavy (non-hydrogen) atoms. The molecule has 5 nitrogen and oxygen atoms in total. The molecule has 0 aliphatic carbocycles. The van der Waals surface area contributed by atoms with Crippen LogP contribution in [0.4, 0.5) is 0 Å². The molecule has 5 heteroatoms. The third kappa shape index (κ3) is 3.60. The monoisotopic (exact) mass is 288 g/mol. The van der Waals surface area contributed by atoms with E-state index in [-0.39, 0.29) is 29.1 Å². The van der Waals surface area contributed by atoms with Gasteiger partial charge in [-0.05, 0) is 45.9 Å². The molecule has 1 aromatic carbocycles. The molecule has 0 fully saturated rings. The van der Waals surface area contributed by atoms with Crippen molar-refractivity contribution in [3.8, 4) is 6.07 Å². The van der Waals surface area contributed by atoms with Crippen molar-refractivity contribution in [1.29, 1.82) is 5.26 Å². The number of ether oxygens (including phenoxy) is 1. The number of nitrogens with zero attached hydrogens (tertiary/aromatic N) is 2. The predicted octanol–water partition coefficient (Wildman–Crippen LogP) is 2.60. The van der Waals surface area contributed by atoms with E-state index in [4.69, 9.17) is 0 Å². The van der Waals surface area contributed by atoms with Crippen LogP contribution in [0.5, 0.6) is 0 Å². The molecule has 0 heterocycles. The normalized spacial score (nSPS) is 10.4. The second-order valence-electron chi connectivity index (χ2n) is 5.26. The van der Waals surface area contributed by atoms with Crippen molar-refractivity contribution in [2.45, 2.75) is 39.8 Å². The maximum atomic E-state index is 12.6. The van der Waals surface area contributed by atoms with E-state index in [1.165, 1.54) is 25.3 Å². The molecular formula is C16H20N2O3. The topological polar surface area (TPSA) is 70.4 Å². The molecule has 1 rings (SSSR count). The number of amides is 1. The summed E-state index contributed by atoms with van der Waals surface area (Å²) in [6.07, 6.45) is 0. The van der Waals surface area contributed by atoms with Gasteiger partial charge < -0.3 is 9.64 Å². The molecule has 0 spiro atoms. The molecule has 0 radical (unpaired) electrons. The molecule has 0 unspecified atom stereocenters. The van der Waals surface area contributed by atoms with Crippen molar-refractivity contribution in [2.24, 2.45) is 0 Å². The minimum absolute atomic E-state index is 0.0179. The van der Waals surface area contributed by atoms with Gasteiger partial charge in [0.05, 0.1) is 29.9 Å². The lowest BCUT2D eigenvalue weighted by Crippen LogP contribution is -2.42. The highest BCUT2D eigenvalue weighted by Crippen LogP contribution is 2.18. The van der Waals surface area contributed by atoms with Crippen molar-refractivity contribution >= 4 is 11.9 Å². The van der Waals surface area contributed by atoms with Gasteiger partial charge in [0, 0.05) is 12.1 Å². The summed E-state index contributed by atoms with van der Waals surface area (Å²) >= 11 is 0. The van der Waals surface area contributed by atoms with Crippen LogP contribution in [0.1, 0.15) is 54.0 Å². The van der Waals surface area contributed by atoms with Crippen LogP contribution in [-0.2, 0) is 4.74 Å². The van der Waals surface area contributed by atoms with E-state index in [1.54, 1.807) is 4.90 Å². The summed E-state index contributed by atoms with van der Waals surface area (Å²) in [5, 5.41) is 9.23. The van der Waals surface area contributed by atoms with Crippen LogP contribution in [0.3, 0.4) is 0 Å². The molecule has 0 aliphatic heterocycles. The largest absolute Gasteiger partial charge is 0.465 e. The van der Waals surface area contributed by atoms with Crippen LogP contribution in [-0.4, -0.2) is 36.0 Å². The van der Waals surface area contributed by atoms with Crippen molar-refractivity contribution in [3.63, 3.8) is 0 Å². The predicted molar refractivity (Wildman–Crippen MR) is 78.9 cm³/mol. The number of esters is 1. The average molecular weight is 288 g/mol. The Morgan fingerprint density at radius 3 is 2.19 bits per heavy atom. The van der Waals surface area contributed by atoms with E-state index in [0.717, 1.165) is 0 Å². The highest BCUT2D eigenvalue weighted by atomic mass is 16.5. The molecule has 0 bridgehead atoms. The molecule has 1 aromatic rings. The smallest absolute Gasteiger partial charge is 0.337 e. The number of carbonyl (C=O) groups is 2. The fourth-order valence-corrected chi connectivity index (χ4v) is 2.27. The number of hydrogen-bond acceptors (Lipinski definition) is 4. The first-order valence-electron chi connectivity index (χ1n) is 6.78. The maximum absolute atomic E-state index is 12.6. The van der Waals surface area contributed by atoms with Gasteiger partial charge in [0.2, 0.25) is 0 Å². The van der Waals surface area contributed by atoms with Crippen molar-refractivity contribution in [2.75, 3.05) is 7.11 Å². The lowest BCUT2D eigenvalue weighted by molar-refractivity contribution is 0.0596. The molecule has 0 N–H and O–H groups in total. The van der Waals surface area contributed by atoms with Crippen LogP contribution in [0.15, 0.2) is 18.2 Å². The Labute approximate surface area is 125 Å². The molecule has 0 aromatic heterocycles. The molecule has 0 saturated heterocycles. The van der Waals surface area contributed by atoms with Gasteiger partial charge in [-0.15, -0.1) is 0 Å². The van der Waals surface area contributed by atoms with E-state index in [1.807, 2.05) is 33.8 Å². The Morgan fingerprint density at radius 2 is 1.76 bits per heavy atom. The van der Waals surface area contributed by atoms with Gasteiger partial charge in [-0.3, -0.25) is 4.79 Å². The first-order valence-corrected chi connectivity index (χ1v) is 6.78. The fraction of sp³-hybridized carbons (Fsp3) is 0.438. The number of carbonyl (C=O) groups excluding carboxylic acids is 2. The zero-order valence-corrected chi connectivity index (χ0v) is 13.0. The quantitative estimate of drug-likeness (QED) is 0.798.